The summed E-state index contributed by atoms with van der Waals surface area (Å²) >= 11 is 0. The second-order valence-corrected chi connectivity index (χ2v) is 16.7. The molecule has 0 fully saturated rings. The molecule has 4 heteroatoms. The van der Waals surface area contributed by atoms with Crippen molar-refractivity contribution in [2.75, 3.05) is 0 Å². The summed E-state index contributed by atoms with van der Waals surface area (Å²) in [6.45, 7) is 20.6. The van der Waals surface area contributed by atoms with Gasteiger partial charge in [0.2, 0.25) is 0 Å². The van der Waals surface area contributed by atoms with Gasteiger partial charge in [-0.3, -0.25) is 0 Å². The van der Waals surface area contributed by atoms with Crippen molar-refractivity contribution >= 4 is 15.6 Å². The van der Waals surface area contributed by atoms with Crippen LogP contribution in [0.1, 0.15) is 106 Å². The predicted octanol–water partition coefficient (Wildman–Crippen LogP) is 7.11. The molecule has 0 aliphatic heterocycles. The van der Waals surface area contributed by atoms with Crippen LogP contribution in [-0.4, -0.2) is 9.52 Å². The third-order valence-corrected chi connectivity index (χ3v) is 9.93. The molecule has 1 atom stereocenters. The van der Waals surface area contributed by atoms with E-state index in [9.17, 15) is 0 Å². The number of hydrogen-bond donors (Lipinski definition) is 0. The molecule has 0 aromatic heterocycles. The molecule has 0 heterocycles. The van der Waals surface area contributed by atoms with Crippen molar-refractivity contribution in [3.05, 3.63) is 148 Å². The van der Waals surface area contributed by atoms with Gasteiger partial charge in [0, 0.05) is 15.4 Å². The molecule has 0 nitrogen and oxygen atoms in total. The summed E-state index contributed by atoms with van der Waals surface area (Å²) in [4.78, 5) is 0. The van der Waals surface area contributed by atoms with Crippen LogP contribution in [0.2, 0.25) is 13.1 Å². The van der Waals surface area contributed by atoms with Gasteiger partial charge in [-0.1, -0.05) is 171 Å². The maximum absolute atomic E-state index is 4.08. The number of rotatable bonds is 5. The number of halogens is 2. The molecule has 0 spiro atoms. The minimum absolute atomic E-state index is 0. The zero-order valence-electron chi connectivity index (χ0n) is 31.8. The Bertz CT molecular complexity index is 1960. The molecule has 0 bridgehead atoms. The molecule has 0 amide bonds. The van der Waals surface area contributed by atoms with Crippen LogP contribution < -0.4 is 24.8 Å². The molecular weight excluding hydrogens is 755 g/mol. The van der Waals surface area contributed by atoms with Crippen molar-refractivity contribution in [1.29, 1.82) is 0 Å². The third-order valence-electron chi connectivity index (χ3n) is 9.93. The van der Waals surface area contributed by atoms with Gasteiger partial charge in [0.05, 0.1) is 0 Å². The largest absolute Gasteiger partial charge is 3.00 e. The van der Waals surface area contributed by atoms with Crippen molar-refractivity contribution < 1.29 is 51.0 Å². The first-order valence-electron chi connectivity index (χ1n) is 17.8. The van der Waals surface area contributed by atoms with Gasteiger partial charge in [0.1, 0.15) is 0 Å². The average molecular weight is 806 g/mol. The van der Waals surface area contributed by atoms with E-state index in [0.717, 1.165) is 28.8 Å². The zero-order valence-corrected chi connectivity index (χ0v) is 36.7. The van der Waals surface area contributed by atoms with Gasteiger partial charge in [-0.2, -0.15) is 17.7 Å². The van der Waals surface area contributed by atoms with E-state index in [2.05, 4.69) is 171 Å². The molecule has 2 aliphatic rings. The van der Waals surface area contributed by atoms with Crippen molar-refractivity contribution in [3.8, 4) is 33.4 Å². The summed E-state index contributed by atoms with van der Waals surface area (Å²) in [7, 11) is 1.08. The number of benzene rings is 5. The van der Waals surface area contributed by atoms with Crippen LogP contribution >= 0.6 is 0 Å². The average Bonchev–Trinajstić information content (AvgIpc) is 3.62. The van der Waals surface area contributed by atoms with Crippen LogP contribution in [0.3, 0.4) is 0 Å². The first-order chi connectivity index (χ1) is 22.9. The van der Waals surface area contributed by atoms with Gasteiger partial charge in [-0.25, -0.2) is 0 Å². The van der Waals surface area contributed by atoms with Gasteiger partial charge < -0.3 is 24.8 Å². The normalized spacial score (nSPS) is 14.0. The van der Waals surface area contributed by atoms with Gasteiger partial charge in [-0.05, 0) is 73.7 Å². The van der Waals surface area contributed by atoms with Gasteiger partial charge in [0.25, 0.3) is 0 Å². The quantitative estimate of drug-likeness (QED) is 0.129. The van der Waals surface area contributed by atoms with Crippen molar-refractivity contribution in [3.63, 3.8) is 0 Å². The number of hydrogen-bond acceptors (Lipinski definition) is 0. The van der Waals surface area contributed by atoms with E-state index in [0.29, 0.717) is 0 Å². The van der Waals surface area contributed by atoms with Gasteiger partial charge in [0.15, 0.2) is 0 Å². The zero-order chi connectivity index (χ0) is 34.2. The smallest absolute Gasteiger partial charge is 1.00 e. The van der Waals surface area contributed by atoms with E-state index in [4.69, 9.17) is 0 Å². The maximum Gasteiger partial charge on any atom is 3.00 e. The van der Waals surface area contributed by atoms with Crippen LogP contribution in [0.25, 0.3) is 39.5 Å². The molecule has 261 valence electrons. The molecule has 1 unspecified atom stereocenters. The Hall–Kier alpha value is -2.48. The minimum Gasteiger partial charge on any atom is -1.00 e. The number of fused-ring (bicyclic) bond motifs is 4. The van der Waals surface area contributed by atoms with Crippen LogP contribution in [0.5, 0.6) is 0 Å². The van der Waals surface area contributed by atoms with E-state index >= 15 is 0 Å². The molecule has 2 aliphatic carbocycles. The van der Waals surface area contributed by atoms with Gasteiger partial charge in [-0.15, -0.1) is 16.7 Å². The molecule has 0 N–H and O–H groups in total. The van der Waals surface area contributed by atoms with E-state index in [1.165, 1.54) is 77.9 Å². The minimum atomic E-state index is 0. The van der Waals surface area contributed by atoms with Crippen molar-refractivity contribution in [2.24, 2.45) is 0 Å². The van der Waals surface area contributed by atoms with E-state index in [1.807, 2.05) is 0 Å². The predicted molar refractivity (Wildman–Crippen MR) is 210 cm³/mol. The molecule has 3 radical (unpaired) electrons. The summed E-state index contributed by atoms with van der Waals surface area (Å²) in [6.07, 6.45) is 5.73. The topological polar surface area (TPSA) is 0 Å². The molecule has 0 saturated carbocycles. The molecule has 5 aromatic carbocycles. The Morgan fingerprint density at radius 3 is 1.92 bits per heavy atom. The Morgan fingerprint density at radius 2 is 1.31 bits per heavy atom. The Balaban J connectivity index is 0.00000113. The Labute approximate surface area is 342 Å². The Morgan fingerprint density at radius 1 is 0.686 bits per heavy atom. The summed E-state index contributed by atoms with van der Waals surface area (Å²) in [5.74, 6) is 0.232. The fourth-order valence-corrected chi connectivity index (χ4v) is 7.39. The fourth-order valence-electron chi connectivity index (χ4n) is 7.39. The fraction of sp³-hybridized carbons (Fsp3) is 0.319. The Kier molecular flexibility index (Phi) is 14.8. The number of allylic oxidation sites excluding steroid dienone is 1. The third kappa shape index (κ3) is 8.84. The first kappa shape index (κ1) is 42.9. The second-order valence-electron chi connectivity index (χ2n) is 15.7. The van der Waals surface area contributed by atoms with E-state index < -0.39 is 0 Å². The SMILES string of the molecule is CCCC1=Cc2c(-c3ccc(-c4ccccc4)cc3)cccc2C1c1[c-]c(C(C)(C)C)cc2c1Cc1ccc(C(C)(C)C)cc1-2.C[Si]C.[Cl-].[Cl-].[Zr+3]. The molecular formula is C47H51Cl2SiZr. The molecule has 5 aromatic rings. The second kappa shape index (κ2) is 17.6. The van der Waals surface area contributed by atoms with Crippen LogP contribution in [0.15, 0.2) is 103 Å². The maximum atomic E-state index is 4.08. The van der Waals surface area contributed by atoms with Crippen LogP contribution in [0, 0.1) is 6.07 Å². The molecule has 51 heavy (non-hydrogen) atoms. The van der Waals surface area contributed by atoms with E-state index in [-0.39, 0.29) is 67.8 Å². The van der Waals surface area contributed by atoms with E-state index in [1.54, 1.807) is 0 Å². The van der Waals surface area contributed by atoms with Gasteiger partial charge >= 0.3 is 26.2 Å². The monoisotopic (exact) mass is 803 g/mol. The first-order valence-corrected chi connectivity index (χ1v) is 19.8. The van der Waals surface area contributed by atoms with Crippen LogP contribution in [-0.2, 0) is 43.5 Å². The standard InChI is InChI=1S/C45H45.C2H6Si.2ClH.Zr/c1-8-13-33-25-39-36(31-20-18-30(19-21-31)29-14-10-9-11-15-29)16-12-17-37(39)43(33)42-28-35(45(5,6)7)27-41-38-26-34(44(2,3)4)23-22-32(38)24-40(41)42;1-3-2;;;/h9-12,14-23,25-27,43H,8,13,24H2,1-7H3;1-2H3;2*1H;/q-1;;;;+3/p-2. The molecule has 0 saturated heterocycles. The summed E-state index contributed by atoms with van der Waals surface area (Å²) in [5.41, 5.74) is 19.4. The summed E-state index contributed by atoms with van der Waals surface area (Å²) in [5, 5.41) is 0. The van der Waals surface area contributed by atoms with Crippen molar-refractivity contribution in [2.45, 2.75) is 97.6 Å². The van der Waals surface area contributed by atoms with Crippen molar-refractivity contribution in [1.82, 2.24) is 0 Å². The molecule has 7 rings (SSSR count). The summed E-state index contributed by atoms with van der Waals surface area (Å²) < 4.78 is 0. The van der Waals surface area contributed by atoms with Crippen LogP contribution in [0.4, 0.5) is 0 Å². The summed E-state index contributed by atoms with van der Waals surface area (Å²) in [6, 6.07) is 40.5.